The summed E-state index contributed by atoms with van der Waals surface area (Å²) in [5.41, 5.74) is -0.146. The summed E-state index contributed by atoms with van der Waals surface area (Å²) in [5, 5.41) is 9.26. The number of halogens is 3. The molecule has 2 aromatic rings. The minimum absolute atomic E-state index is 0. The molecule has 2 nitrogen and oxygen atoms in total. The van der Waals surface area contributed by atoms with Gasteiger partial charge in [0.15, 0.2) is 0 Å². The first-order chi connectivity index (χ1) is 8.97. The number of benzene rings is 2. The molecule has 0 saturated carbocycles. The van der Waals surface area contributed by atoms with E-state index >= 15 is 0 Å². The number of phenolic OH excluding ortho intramolecular Hbond substituents is 1. The third-order valence-electron chi connectivity index (χ3n) is 2.58. The summed E-state index contributed by atoms with van der Waals surface area (Å²) in [4.78, 5) is 0. The van der Waals surface area contributed by atoms with Crippen molar-refractivity contribution < 1.29 is 74.2 Å². The quantitative estimate of drug-likeness (QED) is 0.808. The molecule has 100 valence electrons. The Morgan fingerprint density at radius 2 is 1.70 bits per heavy atom. The summed E-state index contributed by atoms with van der Waals surface area (Å²) in [5.74, 6) is -0.146. The predicted molar refractivity (Wildman–Crippen MR) is 67.6 cm³/mol. The molecule has 1 N–H and O–H groups in total. The van der Waals surface area contributed by atoms with Crippen LogP contribution in [0.2, 0.25) is 0 Å². The zero-order valence-corrected chi connectivity index (χ0v) is 14.0. The van der Waals surface area contributed by atoms with E-state index in [1.54, 1.807) is 12.1 Å². The van der Waals surface area contributed by atoms with Crippen LogP contribution in [0.25, 0.3) is 0 Å². The van der Waals surface area contributed by atoms with E-state index in [2.05, 4.69) is 0 Å². The molecule has 2 rings (SSSR count). The van der Waals surface area contributed by atoms with Crippen molar-refractivity contribution in [3.63, 3.8) is 0 Å². The normalized spacial score (nSPS) is 10.8. The van der Waals surface area contributed by atoms with Gasteiger partial charge in [-0.15, -0.1) is 0 Å². The van der Waals surface area contributed by atoms with Crippen molar-refractivity contribution in [1.29, 1.82) is 0 Å². The van der Waals surface area contributed by atoms with Gasteiger partial charge in [-0.1, -0.05) is 35.8 Å². The van der Waals surface area contributed by atoms with Gasteiger partial charge in [-0.2, -0.15) is 0 Å². The molecule has 0 unspecified atom stereocenters. The number of rotatable bonds is 4. The maximum absolute atomic E-state index is 12.8. The molecule has 2 aromatic carbocycles. The second-order valence-electron chi connectivity index (χ2n) is 4.07. The molecule has 0 saturated heterocycles. The fraction of sp³-hybridized carbons (Fsp3) is 0.0769. The average molecular weight is 306 g/mol. The fourth-order valence-corrected chi connectivity index (χ4v) is 1.69. The second kappa shape index (κ2) is 7.51. The first kappa shape index (κ1) is 17.6. The Morgan fingerprint density at radius 3 is 2.35 bits per heavy atom. The van der Waals surface area contributed by atoms with Crippen LogP contribution in [0, 0.1) is 0 Å². The fourth-order valence-electron chi connectivity index (χ4n) is 1.69. The minimum atomic E-state index is -5.10. The standard InChI is InChI=1S/C13H11BF3O2.K/c15-14(16,17)12-6-1-2-7-13(12)19-9-10-4-3-5-11(18)8-10;/h1-8,18H,9H2;/q-1;+1. The van der Waals surface area contributed by atoms with Gasteiger partial charge in [0.05, 0.1) is 5.75 Å². The van der Waals surface area contributed by atoms with Crippen molar-refractivity contribution in [3.8, 4) is 11.5 Å². The molecule has 0 amide bonds. The Labute approximate surface area is 157 Å². The largest absolute Gasteiger partial charge is 1.00 e. The first-order valence-corrected chi connectivity index (χ1v) is 5.66. The molecule has 0 aromatic heterocycles. The van der Waals surface area contributed by atoms with Crippen molar-refractivity contribution in [2.75, 3.05) is 0 Å². The summed E-state index contributed by atoms with van der Waals surface area (Å²) >= 11 is 0. The van der Waals surface area contributed by atoms with Crippen molar-refractivity contribution in [2.45, 2.75) is 6.61 Å². The molecule has 0 heterocycles. The van der Waals surface area contributed by atoms with Crippen LogP contribution < -0.4 is 61.6 Å². The topological polar surface area (TPSA) is 29.5 Å². The molecule has 20 heavy (non-hydrogen) atoms. The first-order valence-electron chi connectivity index (χ1n) is 5.66. The molecule has 0 aliphatic rings. The van der Waals surface area contributed by atoms with E-state index in [0.717, 1.165) is 6.07 Å². The number of para-hydroxylation sites is 1. The number of hydrogen-bond acceptors (Lipinski definition) is 2. The van der Waals surface area contributed by atoms with Crippen LogP contribution >= 0.6 is 0 Å². The van der Waals surface area contributed by atoms with E-state index in [1.165, 1.54) is 30.3 Å². The Hall–Kier alpha value is -0.469. The van der Waals surface area contributed by atoms with E-state index in [1.807, 2.05) is 0 Å². The Balaban J connectivity index is 0.00000200. The minimum Gasteiger partial charge on any atom is -0.508 e. The third-order valence-corrected chi connectivity index (χ3v) is 2.58. The van der Waals surface area contributed by atoms with Crippen LogP contribution in [0.1, 0.15) is 5.56 Å². The summed E-state index contributed by atoms with van der Waals surface area (Å²) in [6.45, 7) is -5.13. The molecule has 0 aliphatic carbocycles. The maximum atomic E-state index is 12.8. The number of ether oxygens (including phenoxy) is 1. The third kappa shape index (κ3) is 4.82. The van der Waals surface area contributed by atoms with Crippen LogP contribution in [0.4, 0.5) is 12.9 Å². The van der Waals surface area contributed by atoms with Crippen molar-refractivity contribution in [1.82, 2.24) is 0 Å². The monoisotopic (exact) mass is 306 g/mol. The van der Waals surface area contributed by atoms with Crippen molar-refractivity contribution in [2.24, 2.45) is 0 Å². The van der Waals surface area contributed by atoms with Gasteiger partial charge in [-0.05, 0) is 23.8 Å². The van der Waals surface area contributed by atoms with Gasteiger partial charge in [0.1, 0.15) is 12.4 Å². The molecule has 0 atom stereocenters. The smallest absolute Gasteiger partial charge is 0.508 e. The maximum Gasteiger partial charge on any atom is 1.00 e. The predicted octanol–water partition coefficient (Wildman–Crippen LogP) is 0.0296. The van der Waals surface area contributed by atoms with Gasteiger partial charge in [-0.3, -0.25) is 0 Å². The molecule has 0 bridgehead atoms. The molecule has 0 radical (unpaired) electrons. The van der Waals surface area contributed by atoms with Crippen molar-refractivity contribution in [3.05, 3.63) is 54.1 Å². The van der Waals surface area contributed by atoms with E-state index < -0.39 is 12.4 Å². The zero-order chi connectivity index (χ0) is 13.9. The van der Waals surface area contributed by atoms with Gasteiger partial charge in [0.2, 0.25) is 0 Å². The van der Waals surface area contributed by atoms with E-state index in [9.17, 15) is 18.1 Å². The van der Waals surface area contributed by atoms with Gasteiger partial charge in [-0.25, -0.2) is 0 Å². The van der Waals surface area contributed by atoms with E-state index in [4.69, 9.17) is 4.74 Å². The van der Waals surface area contributed by atoms with Gasteiger partial charge < -0.3 is 22.8 Å². The summed E-state index contributed by atoms with van der Waals surface area (Å²) < 4.78 is 43.5. The molecular formula is C13H11BF3KO2. The number of hydrogen-bond donors (Lipinski definition) is 1. The molecule has 0 aliphatic heterocycles. The second-order valence-corrected chi connectivity index (χ2v) is 4.07. The van der Waals surface area contributed by atoms with E-state index in [-0.39, 0.29) is 69.5 Å². The Bertz CT molecular complexity index is 576. The number of phenols is 1. The average Bonchev–Trinajstić information content (AvgIpc) is 2.36. The van der Waals surface area contributed by atoms with Gasteiger partial charge >= 0.3 is 58.4 Å². The van der Waals surface area contributed by atoms with Gasteiger partial charge in [0.25, 0.3) is 0 Å². The van der Waals surface area contributed by atoms with Crippen molar-refractivity contribution >= 4 is 12.4 Å². The molecular weight excluding hydrogens is 295 g/mol. The summed E-state index contributed by atoms with van der Waals surface area (Å²) in [6, 6.07) is 11.3. The SMILES string of the molecule is Oc1cccc(COc2ccccc2[B-](F)(F)F)c1.[K+]. The summed E-state index contributed by atoms with van der Waals surface area (Å²) in [6.07, 6.45) is 0. The molecule has 7 heteroatoms. The van der Waals surface area contributed by atoms with Crippen LogP contribution in [0.5, 0.6) is 11.5 Å². The van der Waals surface area contributed by atoms with Gasteiger partial charge in [0, 0.05) is 0 Å². The molecule has 0 spiro atoms. The zero-order valence-electron chi connectivity index (χ0n) is 10.9. The van der Waals surface area contributed by atoms with Crippen LogP contribution in [0.3, 0.4) is 0 Å². The Kier molecular flexibility index (Phi) is 6.61. The summed E-state index contributed by atoms with van der Waals surface area (Å²) in [7, 11) is 0. The van der Waals surface area contributed by atoms with Crippen LogP contribution in [-0.2, 0) is 6.61 Å². The van der Waals surface area contributed by atoms with E-state index in [0.29, 0.717) is 5.56 Å². The van der Waals surface area contributed by atoms with Crippen LogP contribution in [-0.4, -0.2) is 12.1 Å². The number of aromatic hydroxyl groups is 1. The Morgan fingerprint density at radius 1 is 1.00 bits per heavy atom. The molecule has 0 fully saturated rings. The van der Waals surface area contributed by atoms with Crippen LogP contribution in [0.15, 0.2) is 48.5 Å².